The SMILES string of the molecule is CCC(O)(Cc1cc(Cl)cc2c1OCC2)c1ccccc1. The van der Waals surface area contributed by atoms with Gasteiger partial charge in [-0.15, -0.1) is 0 Å². The normalized spacial score (nSPS) is 16.1. The molecule has 2 aromatic carbocycles. The number of fused-ring (bicyclic) bond motifs is 1. The number of halogens is 1. The van der Waals surface area contributed by atoms with Crippen LogP contribution in [-0.4, -0.2) is 11.7 Å². The van der Waals surface area contributed by atoms with E-state index in [1.54, 1.807) is 0 Å². The first-order valence-electron chi connectivity index (χ1n) is 7.34. The van der Waals surface area contributed by atoms with Crippen molar-refractivity contribution in [2.24, 2.45) is 0 Å². The molecule has 0 bridgehead atoms. The lowest BCUT2D eigenvalue weighted by atomic mass is 9.84. The molecule has 0 aromatic heterocycles. The summed E-state index contributed by atoms with van der Waals surface area (Å²) in [5.41, 5.74) is 2.16. The minimum absolute atomic E-state index is 0.510. The Kier molecular flexibility index (Phi) is 3.92. The molecule has 0 fully saturated rings. The fourth-order valence-electron chi connectivity index (χ4n) is 2.97. The summed E-state index contributed by atoms with van der Waals surface area (Å²) in [6.07, 6.45) is 2.04. The largest absolute Gasteiger partial charge is 0.493 e. The molecule has 1 unspecified atom stereocenters. The molecule has 21 heavy (non-hydrogen) atoms. The van der Waals surface area contributed by atoms with Crippen LogP contribution < -0.4 is 4.74 Å². The maximum Gasteiger partial charge on any atom is 0.126 e. The van der Waals surface area contributed by atoms with Gasteiger partial charge in [-0.25, -0.2) is 0 Å². The highest BCUT2D eigenvalue weighted by Gasteiger charge is 2.30. The lowest BCUT2D eigenvalue weighted by Crippen LogP contribution is -2.27. The van der Waals surface area contributed by atoms with Crippen LogP contribution in [0.1, 0.15) is 30.0 Å². The number of rotatable bonds is 4. The van der Waals surface area contributed by atoms with Gasteiger partial charge in [-0.05, 0) is 35.2 Å². The van der Waals surface area contributed by atoms with Crippen LogP contribution in [0, 0.1) is 0 Å². The fourth-order valence-corrected chi connectivity index (χ4v) is 3.24. The van der Waals surface area contributed by atoms with Gasteiger partial charge < -0.3 is 9.84 Å². The Morgan fingerprint density at radius 2 is 2.00 bits per heavy atom. The monoisotopic (exact) mass is 302 g/mol. The van der Waals surface area contributed by atoms with Crippen molar-refractivity contribution in [2.75, 3.05) is 6.61 Å². The van der Waals surface area contributed by atoms with Gasteiger partial charge in [0.05, 0.1) is 12.2 Å². The van der Waals surface area contributed by atoms with Gasteiger partial charge in [0, 0.05) is 17.9 Å². The summed E-state index contributed by atoms with van der Waals surface area (Å²) in [6.45, 7) is 2.69. The van der Waals surface area contributed by atoms with Crippen LogP contribution in [0.4, 0.5) is 0 Å². The van der Waals surface area contributed by atoms with Crippen molar-refractivity contribution in [3.63, 3.8) is 0 Å². The van der Waals surface area contributed by atoms with Crippen molar-refractivity contribution in [3.8, 4) is 5.75 Å². The van der Waals surface area contributed by atoms with Crippen LogP contribution in [0.25, 0.3) is 0 Å². The maximum atomic E-state index is 11.1. The Morgan fingerprint density at radius 3 is 2.71 bits per heavy atom. The molecule has 0 amide bonds. The van der Waals surface area contributed by atoms with Crippen molar-refractivity contribution in [1.82, 2.24) is 0 Å². The highest BCUT2D eigenvalue weighted by atomic mass is 35.5. The minimum atomic E-state index is -0.897. The van der Waals surface area contributed by atoms with Crippen molar-refractivity contribution < 1.29 is 9.84 Å². The Hall–Kier alpha value is -1.51. The third kappa shape index (κ3) is 2.78. The van der Waals surface area contributed by atoms with Crippen LogP contribution in [-0.2, 0) is 18.4 Å². The first-order chi connectivity index (χ1) is 10.1. The smallest absolute Gasteiger partial charge is 0.126 e. The molecular formula is C18H19ClO2. The average molecular weight is 303 g/mol. The second-order valence-electron chi connectivity index (χ2n) is 5.58. The van der Waals surface area contributed by atoms with Crippen molar-refractivity contribution in [1.29, 1.82) is 0 Å². The third-order valence-corrected chi connectivity index (χ3v) is 4.42. The zero-order chi connectivity index (χ0) is 14.9. The van der Waals surface area contributed by atoms with Gasteiger partial charge in [0.15, 0.2) is 0 Å². The van der Waals surface area contributed by atoms with E-state index in [9.17, 15) is 5.11 Å². The molecule has 110 valence electrons. The quantitative estimate of drug-likeness (QED) is 0.921. The number of hydrogen-bond acceptors (Lipinski definition) is 2. The molecule has 2 aromatic rings. The Bertz CT molecular complexity index is 639. The van der Waals surface area contributed by atoms with Gasteiger partial charge in [0.2, 0.25) is 0 Å². The van der Waals surface area contributed by atoms with Gasteiger partial charge in [0.25, 0.3) is 0 Å². The number of hydrogen-bond donors (Lipinski definition) is 1. The molecule has 1 aliphatic heterocycles. The van der Waals surface area contributed by atoms with Gasteiger partial charge in [-0.1, -0.05) is 48.9 Å². The highest BCUT2D eigenvalue weighted by Crippen LogP contribution is 2.38. The zero-order valence-corrected chi connectivity index (χ0v) is 12.9. The van der Waals surface area contributed by atoms with E-state index >= 15 is 0 Å². The molecule has 0 radical (unpaired) electrons. The van der Waals surface area contributed by atoms with E-state index in [1.165, 1.54) is 0 Å². The van der Waals surface area contributed by atoms with Crippen molar-refractivity contribution in [2.45, 2.75) is 31.8 Å². The molecule has 0 saturated heterocycles. The summed E-state index contributed by atoms with van der Waals surface area (Å²) >= 11 is 6.21. The van der Waals surface area contributed by atoms with Crippen molar-refractivity contribution >= 4 is 11.6 Å². The van der Waals surface area contributed by atoms with E-state index in [1.807, 2.05) is 49.4 Å². The first kappa shape index (κ1) is 14.4. The molecule has 1 atom stereocenters. The average Bonchev–Trinajstić information content (AvgIpc) is 2.96. The van der Waals surface area contributed by atoms with E-state index in [2.05, 4.69) is 0 Å². The molecule has 1 heterocycles. The van der Waals surface area contributed by atoms with E-state index in [0.717, 1.165) is 28.9 Å². The van der Waals surface area contributed by atoms with E-state index in [4.69, 9.17) is 16.3 Å². The van der Waals surface area contributed by atoms with Crippen LogP contribution in [0.3, 0.4) is 0 Å². The topological polar surface area (TPSA) is 29.5 Å². The third-order valence-electron chi connectivity index (χ3n) is 4.20. The summed E-state index contributed by atoms with van der Waals surface area (Å²) in [7, 11) is 0. The number of aliphatic hydroxyl groups is 1. The highest BCUT2D eigenvalue weighted by molar-refractivity contribution is 6.30. The van der Waals surface area contributed by atoms with Crippen molar-refractivity contribution in [3.05, 3.63) is 64.2 Å². The van der Waals surface area contributed by atoms with Crippen LogP contribution in [0.15, 0.2) is 42.5 Å². The predicted octanol–water partition coefficient (Wildman–Crippen LogP) is 4.12. The lowest BCUT2D eigenvalue weighted by molar-refractivity contribution is 0.0321. The van der Waals surface area contributed by atoms with E-state index in [-0.39, 0.29) is 0 Å². The van der Waals surface area contributed by atoms with Gasteiger partial charge in [-0.3, -0.25) is 0 Å². The maximum absolute atomic E-state index is 11.1. The second-order valence-corrected chi connectivity index (χ2v) is 6.02. The fraction of sp³-hybridized carbons (Fsp3) is 0.333. The number of benzene rings is 2. The molecule has 1 aliphatic rings. The Morgan fingerprint density at radius 1 is 1.24 bits per heavy atom. The van der Waals surface area contributed by atoms with Crippen LogP contribution in [0.5, 0.6) is 5.75 Å². The summed E-state index contributed by atoms with van der Waals surface area (Å²) in [5.74, 6) is 0.905. The zero-order valence-electron chi connectivity index (χ0n) is 12.1. The molecule has 3 heteroatoms. The van der Waals surface area contributed by atoms with E-state index in [0.29, 0.717) is 24.5 Å². The summed E-state index contributed by atoms with van der Waals surface area (Å²) in [6, 6.07) is 13.7. The summed E-state index contributed by atoms with van der Waals surface area (Å²) in [4.78, 5) is 0. The lowest BCUT2D eigenvalue weighted by Gasteiger charge is -2.28. The van der Waals surface area contributed by atoms with Crippen LogP contribution >= 0.6 is 11.6 Å². The summed E-state index contributed by atoms with van der Waals surface area (Å²) < 4.78 is 5.74. The Labute approximate surface area is 130 Å². The Balaban J connectivity index is 1.99. The summed E-state index contributed by atoms with van der Waals surface area (Å²) in [5, 5.41) is 11.8. The van der Waals surface area contributed by atoms with Gasteiger partial charge in [-0.2, -0.15) is 0 Å². The predicted molar refractivity (Wildman–Crippen MR) is 85.0 cm³/mol. The van der Waals surface area contributed by atoms with Gasteiger partial charge >= 0.3 is 0 Å². The standard InChI is InChI=1S/C18H19ClO2/c1-2-18(20,15-6-4-3-5-7-15)12-14-11-16(19)10-13-8-9-21-17(13)14/h3-7,10-11,20H,2,8-9,12H2,1H3. The molecule has 1 N–H and O–H groups in total. The minimum Gasteiger partial charge on any atom is -0.493 e. The molecule has 0 spiro atoms. The second kappa shape index (κ2) is 5.70. The molecule has 3 rings (SSSR count). The molecule has 2 nitrogen and oxygen atoms in total. The molecule has 0 aliphatic carbocycles. The van der Waals surface area contributed by atoms with Crippen LogP contribution in [0.2, 0.25) is 5.02 Å². The molecule has 0 saturated carbocycles. The molecular weight excluding hydrogens is 284 g/mol. The first-order valence-corrected chi connectivity index (χ1v) is 7.72. The number of ether oxygens (including phenoxy) is 1. The van der Waals surface area contributed by atoms with Gasteiger partial charge in [0.1, 0.15) is 5.75 Å². The van der Waals surface area contributed by atoms with E-state index < -0.39 is 5.60 Å².